The first-order valence-corrected chi connectivity index (χ1v) is 2.39. The van der Waals surface area contributed by atoms with E-state index in [1.54, 1.807) is 0 Å². The summed E-state index contributed by atoms with van der Waals surface area (Å²) in [6.07, 6.45) is 1.29. The lowest BCUT2D eigenvalue weighted by molar-refractivity contribution is 1.39. The molecule has 1 aromatic carbocycles. The van der Waals surface area contributed by atoms with Crippen molar-refractivity contribution >= 4 is 11.8 Å². The molecule has 0 saturated heterocycles. The Labute approximate surface area is 51.1 Å². The molecule has 0 unspecified atom stereocenters. The summed E-state index contributed by atoms with van der Waals surface area (Å²) in [4.78, 5) is 20.8. The Morgan fingerprint density at radius 2 is 1.89 bits per heavy atom. The molecule has 0 aliphatic rings. The maximum Gasteiger partial charge on any atom is 0.249 e. The van der Waals surface area contributed by atoms with E-state index in [0.29, 0.717) is 0 Å². The van der Waals surface area contributed by atoms with Crippen LogP contribution < -0.4 is 16.6 Å². The highest BCUT2D eigenvalue weighted by Crippen LogP contribution is 2.01. The smallest absolute Gasteiger partial charge is 0.249 e. The van der Waals surface area contributed by atoms with E-state index in [4.69, 9.17) is 5.73 Å². The van der Waals surface area contributed by atoms with Crippen LogP contribution in [0.1, 0.15) is 5.56 Å². The van der Waals surface area contributed by atoms with Gasteiger partial charge in [-0.05, 0) is 0 Å². The summed E-state index contributed by atoms with van der Waals surface area (Å²) in [6.45, 7) is 3.31. The molecule has 2 N–H and O–H groups in total. The highest BCUT2D eigenvalue weighted by atomic mass is 16.2. The molecule has 0 radical (unpaired) electrons. The third kappa shape index (κ3) is 0.512. The van der Waals surface area contributed by atoms with Gasteiger partial charge < -0.3 is 5.73 Å². The minimum Gasteiger partial charge on any atom is -0.395 e. The fraction of sp³-hybridized carbons (Fsp3) is 0. The molecule has 0 aliphatic carbocycles. The third-order valence-electron chi connectivity index (χ3n) is 1.19. The Bertz CT molecular complexity index is 318. The Morgan fingerprint density at radius 1 is 1.33 bits per heavy atom. The average molecular weight is 123 g/mol. The van der Waals surface area contributed by atoms with Crippen LogP contribution in [0.25, 0.3) is 6.08 Å². The van der Waals surface area contributed by atoms with Gasteiger partial charge in [0.05, 0.1) is 11.3 Å². The molecular formula is C6H5NO2. The predicted octanol–water partition coefficient (Wildman–Crippen LogP) is -0.492. The molecule has 0 saturated carbocycles. The van der Waals surface area contributed by atoms with Crippen molar-refractivity contribution in [3.63, 3.8) is 0 Å². The molecule has 0 bridgehead atoms. The molecule has 0 fully saturated rings. The molecule has 46 valence electrons. The van der Waals surface area contributed by atoms with Crippen molar-refractivity contribution in [3.05, 3.63) is 32.6 Å². The van der Waals surface area contributed by atoms with Gasteiger partial charge in [-0.3, -0.25) is 9.59 Å². The second-order valence-corrected chi connectivity index (χ2v) is 1.69. The normalized spacial score (nSPS) is 9.78. The topological polar surface area (TPSA) is 60.2 Å². The van der Waals surface area contributed by atoms with Crippen molar-refractivity contribution < 1.29 is 0 Å². The molecule has 0 spiro atoms. The van der Waals surface area contributed by atoms with Gasteiger partial charge in [0.2, 0.25) is 10.9 Å². The van der Waals surface area contributed by atoms with Crippen molar-refractivity contribution in [1.82, 2.24) is 0 Å². The minimum absolute atomic E-state index is 0.0370. The van der Waals surface area contributed by atoms with Gasteiger partial charge in [0.1, 0.15) is 0 Å². The Hall–Kier alpha value is -1.38. The Balaban J connectivity index is 3.42. The summed E-state index contributed by atoms with van der Waals surface area (Å²) in [6, 6.07) is 0. The number of anilines is 1. The summed E-state index contributed by atoms with van der Waals surface area (Å²) in [5.41, 5.74) is 4.27. The second-order valence-electron chi connectivity index (χ2n) is 1.69. The number of nitrogen functional groups attached to an aromatic ring is 1. The zero-order chi connectivity index (χ0) is 7.02. The highest BCUT2D eigenvalue weighted by Gasteiger charge is 2.13. The van der Waals surface area contributed by atoms with Crippen LogP contribution in [0.2, 0.25) is 0 Å². The van der Waals surface area contributed by atoms with Crippen molar-refractivity contribution in [1.29, 1.82) is 0 Å². The van der Waals surface area contributed by atoms with Gasteiger partial charge in [0.25, 0.3) is 0 Å². The molecule has 0 amide bonds. The molecule has 1 aromatic rings. The molecule has 0 heterocycles. The van der Waals surface area contributed by atoms with E-state index in [9.17, 15) is 9.59 Å². The highest BCUT2D eigenvalue weighted by molar-refractivity contribution is 5.67. The van der Waals surface area contributed by atoms with Gasteiger partial charge in [-0.15, -0.1) is 0 Å². The van der Waals surface area contributed by atoms with E-state index in [2.05, 4.69) is 6.58 Å². The lowest BCUT2D eigenvalue weighted by Gasteiger charge is -1.97. The molecule has 1 rings (SSSR count). The Morgan fingerprint density at radius 3 is 2.11 bits per heavy atom. The maximum absolute atomic E-state index is 10.4. The molecule has 9 heavy (non-hydrogen) atoms. The van der Waals surface area contributed by atoms with E-state index in [-0.39, 0.29) is 11.3 Å². The summed E-state index contributed by atoms with van der Waals surface area (Å²) in [5.74, 6) is 0. The summed E-state index contributed by atoms with van der Waals surface area (Å²) in [7, 11) is 0. The molecule has 3 nitrogen and oxygen atoms in total. The number of rotatable bonds is 1. The summed E-state index contributed by atoms with van der Waals surface area (Å²) in [5, 5.41) is 0. The maximum atomic E-state index is 10.4. The van der Waals surface area contributed by atoms with Crippen molar-refractivity contribution in [2.75, 3.05) is 5.73 Å². The van der Waals surface area contributed by atoms with E-state index in [0.717, 1.165) is 0 Å². The van der Waals surface area contributed by atoms with Gasteiger partial charge in [0, 0.05) is 0 Å². The third-order valence-corrected chi connectivity index (χ3v) is 1.19. The van der Waals surface area contributed by atoms with Gasteiger partial charge in [-0.2, -0.15) is 0 Å². The quantitative estimate of drug-likeness (QED) is 0.512. The SMILES string of the molecule is C=Cc1c(N)c(=O)c1=O. The Kier molecular flexibility index (Phi) is 0.990. The first-order valence-electron chi connectivity index (χ1n) is 2.39. The summed E-state index contributed by atoms with van der Waals surface area (Å²) < 4.78 is 0. The zero-order valence-electron chi connectivity index (χ0n) is 4.68. The molecule has 0 aromatic heterocycles. The summed E-state index contributed by atoms with van der Waals surface area (Å²) >= 11 is 0. The molecular weight excluding hydrogens is 118 g/mol. The van der Waals surface area contributed by atoms with Crippen LogP contribution in [-0.4, -0.2) is 0 Å². The van der Waals surface area contributed by atoms with Gasteiger partial charge >= 0.3 is 0 Å². The lowest BCUT2D eigenvalue weighted by Crippen LogP contribution is -2.36. The minimum atomic E-state index is -0.593. The van der Waals surface area contributed by atoms with Crippen LogP contribution >= 0.6 is 0 Å². The van der Waals surface area contributed by atoms with E-state index >= 15 is 0 Å². The monoisotopic (exact) mass is 123 g/mol. The molecule has 3 heteroatoms. The first-order chi connectivity index (χ1) is 4.18. The fourth-order valence-electron chi connectivity index (χ4n) is 0.629. The van der Waals surface area contributed by atoms with Crippen LogP contribution in [0.5, 0.6) is 0 Å². The van der Waals surface area contributed by atoms with Crippen LogP contribution in [-0.2, 0) is 0 Å². The van der Waals surface area contributed by atoms with Gasteiger partial charge in [-0.1, -0.05) is 12.7 Å². The standard InChI is InChI=1S/C6H5NO2/c1-2-3-4(7)6(9)5(3)8/h2H,1,7H2. The number of hydrogen-bond donors (Lipinski definition) is 1. The molecule has 0 aliphatic heterocycles. The zero-order valence-corrected chi connectivity index (χ0v) is 4.68. The van der Waals surface area contributed by atoms with Crippen molar-refractivity contribution in [2.45, 2.75) is 0 Å². The van der Waals surface area contributed by atoms with Crippen molar-refractivity contribution in [3.8, 4) is 0 Å². The first kappa shape index (κ1) is 5.75. The lowest BCUT2D eigenvalue weighted by atomic mass is 10.1. The van der Waals surface area contributed by atoms with E-state index in [1.807, 2.05) is 0 Å². The number of hydrogen-bond acceptors (Lipinski definition) is 3. The predicted molar refractivity (Wildman–Crippen MR) is 35.9 cm³/mol. The largest absolute Gasteiger partial charge is 0.395 e. The van der Waals surface area contributed by atoms with Crippen molar-refractivity contribution in [2.24, 2.45) is 0 Å². The van der Waals surface area contributed by atoms with Crippen LogP contribution in [0.4, 0.5) is 5.69 Å². The van der Waals surface area contributed by atoms with E-state index < -0.39 is 10.9 Å². The number of nitrogens with two attached hydrogens (primary N) is 1. The van der Waals surface area contributed by atoms with E-state index in [1.165, 1.54) is 6.08 Å². The molecule has 0 atom stereocenters. The van der Waals surface area contributed by atoms with Crippen LogP contribution in [0.3, 0.4) is 0 Å². The van der Waals surface area contributed by atoms with Crippen LogP contribution in [0.15, 0.2) is 16.2 Å². The second kappa shape index (κ2) is 1.55. The fourth-order valence-corrected chi connectivity index (χ4v) is 0.629. The van der Waals surface area contributed by atoms with Gasteiger partial charge in [0.15, 0.2) is 0 Å². The van der Waals surface area contributed by atoms with Gasteiger partial charge in [-0.25, -0.2) is 0 Å². The van der Waals surface area contributed by atoms with Crippen LogP contribution in [0, 0.1) is 0 Å². The average Bonchev–Trinajstić information content (AvgIpc) is 1.89.